The fraction of sp³-hybridized carbons (Fsp3) is 0.462. The molecule has 0 saturated carbocycles. The van der Waals surface area contributed by atoms with Crippen LogP contribution in [0.2, 0.25) is 0 Å². The van der Waals surface area contributed by atoms with Gasteiger partial charge in [-0.25, -0.2) is 4.98 Å². The summed E-state index contributed by atoms with van der Waals surface area (Å²) >= 11 is 1.41. The SMILES string of the molecule is c1ccc(N2CCC(NCc3csnn3)CC2)nc1. The van der Waals surface area contributed by atoms with E-state index in [0.717, 1.165) is 44.0 Å². The van der Waals surface area contributed by atoms with Crippen molar-refractivity contribution in [1.82, 2.24) is 19.9 Å². The van der Waals surface area contributed by atoms with Gasteiger partial charge in [0.15, 0.2) is 0 Å². The van der Waals surface area contributed by atoms with Crippen LogP contribution in [-0.2, 0) is 6.54 Å². The van der Waals surface area contributed by atoms with Gasteiger partial charge in [-0.05, 0) is 36.5 Å². The molecule has 0 bridgehead atoms. The Balaban J connectivity index is 1.47. The minimum atomic E-state index is 0.571. The number of nitrogens with zero attached hydrogens (tertiary/aromatic N) is 4. The monoisotopic (exact) mass is 275 g/mol. The highest BCUT2D eigenvalue weighted by atomic mass is 32.1. The fourth-order valence-corrected chi connectivity index (χ4v) is 2.81. The Kier molecular flexibility index (Phi) is 4.00. The van der Waals surface area contributed by atoms with Gasteiger partial charge in [-0.15, -0.1) is 5.10 Å². The third-order valence-electron chi connectivity index (χ3n) is 3.45. The first-order valence-corrected chi connectivity index (χ1v) is 7.41. The maximum Gasteiger partial charge on any atom is 0.128 e. The Morgan fingerprint density at radius 2 is 2.21 bits per heavy atom. The van der Waals surface area contributed by atoms with Gasteiger partial charge in [0.2, 0.25) is 0 Å². The largest absolute Gasteiger partial charge is 0.357 e. The zero-order chi connectivity index (χ0) is 12.9. The van der Waals surface area contributed by atoms with E-state index in [4.69, 9.17) is 0 Å². The van der Waals surface area contributed by atoms with E-state index < -0.39 is 0 Å². The van der Waals surface area contributed by atoms with Crippen molar-refractivity contribution < 1.29 is 0 Å². The number of rotatable bonds is 4. The molecule has 0 unspecified atom stereocenters. The minimum Gasteiger partial charge on any atom is -0.357 e. The van der Waals surface area contributed by atoms with E-state index in [1.54, 1.807) is 0 Å². The zero-order valence-electron chi connectivity index (χ0n) is 10.7. The lowest BCUT2D eigenvalue weighted by Gasteiger charge is -2.33. The maximum absolute atomic E-state index is 4.40. The second-order valence-electron chi connectivity index (χ2n) is 4.73. The second kappa shape index (κ2) is 6.08. The Bertz CT molecular complexity index is 479. The van der Waals surface area contributed by atoms with Gasteiger partial charge in [0.05, 0.1) is 5.69 Å². The Hall–Kier alpha value is -1.53. The molecule has 2 aromatic rings. The molecule has 3 rings (SSSR count). The lowest BCUT2D eigenvalue weighted by molar-refractivity contribution is 0.410. The van der Waals surface area contributed by atoms with Crippen molar-refractivity contribution in [3.63, 3.8) is 0 Å². The fourth-order valence-electron chi connectivity index (χ4n) is 2.36. The Labute approximate surface area is 116 Å². The molecule has 0 spiro atoms. The number of aromatic nitrogens is 3. The molecular formula is C13H17N5S. The normalized spacial score (nSPS) is 16.7. The zero-order valence-corrected chi connectivity index (χ0v) is 11.5. The summed E-state index contributed by atoms with van der Waals surface area (Å²) in [5, 5.41) is 9.60. The first-order valence-electron chi connectivity index (χ1n) is 6.57. The molecule has 1 aliphatic rings. The number of piperidine rings is 1. The number of hydrogen-bond donors (Lipinski definition) is 1. The standard InChI is InChI=1S/C13H17N5S/c1-2-6-14-13(3-1)18-7-4-11(5-8-18)15-9-12-10-19-17-16-12/h1-3,6,10-11,15H,4-5,7-9H2. The van der Waals surface area contributed by atoms with Crippen molar-refractivity contribution in [1.29, 1.82) is 0 Å². The van der Waals surface area contributed by atoms with Crippen LogP contribution in [0.5, 0.6) is 0 Å². The number of anilines is 1. The number of hydrogen-bond acceptors (Lipinski definition) is 6. The first-order chi connectivity index (χ1) is 9.42. The van der Waals surface area contributed by atoms with E-state index in [0.29, 0.717) is 6.04 Å². The third kappa shape index (κ3) is 3.27. The lowest BCUT2D eigenvalue weighted by atomic mass is 10.0. The van der Waals surface area contributed by atoms with Gasteiger partial charge >= 0.3 is 0 Å². The molecule has 1 N–H and O–H groups in total. The minimum absolute atomic E-state index is 0.571. The summed E-state index contributed by atoms with van der Waals surface area (Å²) in [4.78, 5) is 6.75. The van der Waals surface area contributed by atoms with Crippen LogP contribution in [0.1, 0.15) is 18.5 Å². The molecular weight excluding hydrogens is 258 g/mol. The lowest BCUT2D eigenvalue weighted by Crippen LogP contribution is -2.42. The summed E-state index contributed by atoms with van der Waals surface area (Å²) in [6.07, 6.45) is 4.15. The van der Waals surface area contributed by atoms with Crippen LogP contribution in [0.15, 0.2) is 29.8 Å². The van der Waals surface area contributed by atoms with Crippen LogP contribution in [0.25, 0.3) is 0 Å². The highest BCUT2D eigenvalue weighted by molar-refractivity contribution is 7.03. The van der Waals surface area contributed by atoms with E-state index in [-0.39, 0.29) is 0 Å². The van der Waals surface area contributed by atoms with Crippen LogP contribution in [-0.4, -0.2) is 33.7 Å². The van der Waals surface area contributed by atoms with E-state index in [1.165, 1.54) is 11.5 Å². The number of pyridine rings is 1. The predicted octanol–water partition coefficient (Wildman–Crippen LogP) is 1.69. The van der Waals surface area contributed by atoms with E-state index in [9.17, 15) is 0 Å². The molecule has 0 atom stereocenters. The molecule has 3 heterocycles. The second-order valence-corrected chi connectivity index (χ2v) is 5.34. The highest BCUT2D eigenvalue weighted by Gasteiger charge is 2.19. The van der Waals surface area contributed by atoms with Gasteiger partial charge in [0, 0.05) is 37.3 Å². The molecule has 0 radical (unpaired) electrons. The van der Waals surface area contributed by atoms with Crippen molar-refractivity contribution >= 4 is 17.4 Å². The Morgan fingerprint density at radius 1 is 1.32 bits per heavy atom. The van der Waals surface area contributed by atoms with Crippen molar-refractivity contribution in [2.24, 2.45) is 0 Å². The van der Waals surface area contributed by atoms with Crippen LogP contribution in [0.4, 0.5) is 5.82 Å². The van der Waals surface area contributed by atoms with Crippen LogP contribution >= 0.6 is 11.5 Å². The smallest absolute Gasteiger partial charge is 0.128 e. The van der Waals surface area contributed by atoms with Gasteiger partial charge in [-0.1, -0.05) is 10.6 Å². The van der Waals surface area contributed by atoms with Crippen molar-refractivity contribution in [3.05, 3.63) is 35.5 Å². The quantitative estimate of drug-likeness (QED) is 0.920. The van der Waals surface area contributed by atoms with Gasteiger partial charge < -0.3 is 10.2 Å². The van der Waals surface area contributed by atoms with Crippen LogP contribution in [0, 0.1) is 0 Å². The first kappa shape index (κ1) is 12.5. The van der Waals surface area contributed by atoms with Gasteiger partial charge in [0.25, 0.3) is 0 Å². The van der Waals surface area contributed by atoms with Crippen molar-refractivity contribution in [3.8, 4) is 0 Å². The topological polar surface area (TPSA) is 53.9 Å². The summed E-state index contributed by atoms with van der Waals surface area (Å²) in [6, 6.07) is 6.65. The molecule has 0 aromatic carbocycles. The van der Waals surface area contributed by atoms with E-state index in [2.05, 4.69) is 30.9 Å². The van der Waals surface area contributed by atoms with Gasteiger partial charge in [-0.2, -0.15) is 0 Å². The molecule has 19 heavy (non-hydrogen) atoms. The molecule has 2 aromatic heterocycles. The third-order valence-corrected chi connectivity index (χ3v) is 4.00. The molecule has 100 valence electrons. The summed E-state index contributed by atoms with van der Waals surface area (Å²) in [6.45, 7) is 2.94. The summed E-state index contributed by atoms with van der Waals surface area (Å²) < 4.78 is 3.87. The molecule has 0 aliphatic carbocycles. The molecule has 5 nitrogen and oxygen atoms in total. The van der Waals surface area contributed by atoms with E-state index in [1.807, 2.05) is 23.7 Å². The number of nitrogens with one attached hydrogen (secondary N) is 1. The van der Waals surface area contributed by atoms with Gasteiger partial charge in [-0.3, -0.25) is 0 Å². The van der Waals surface area contributed by atoms with Crippen molar-refractivity contribution in [2.45, 2.75) is 25.4 Å². The summed E-state index contributed by atoms with van der Waals surface area (Å²) in [7, 11) is 0. The molecule has 6 heteroatoms. The van der Waals surface area contributed by atoms with Crippen molar-refractivity contribution in [2.75, 3.05) is 18.0 Å². The molecule has 0 amide bonds. The molecule has 1 saturated heterocycles. The van der Waals surface area contributed by atoms with Crippen LogP contribution < -0.4 is 10.2 Å². The van der Waals surface area contributed by atoms with Gasteiger partial charge in [0.1, 0.15) is 5.82 Å². The summed E-state index contributed by atoms with van der Waals surface area (Å²) in [5.74, 6) is 1.09. The maximum atomic E-state index is 4.40. The Morgan fingerprint density at radius 3 is 2.89 bits per heavy atom. The average molecular weight is 275 g/mol. The van der Waals surface area contributed by atoms with E-state index >= 15 is 0 Å². The average Bonchev–Trinajstić information content (AvgIpc) is 3.00. The highest BCUT2D eigenvalue weighted by Crippen LogP contribution is 2.17. The predicted molar refractivity (Wildman–Crippen MR) is 76.2 cm³/mol. The molecule has 1 fully saturated rings. The molecule has 1 aliphatic heterocycles. The van der Waals surface area contributed by atoms with Crippen LogP contribution in [0.3, 0.4) is 0 Å². The summed E-state index contributed by atoms with van der Waals surface area (Å²) in [5.41, 5.74) is 1.04.